The third-order valence-corrected chi connectivity index (χ3v) is 2.75. The van der Waals surface area contributed by atoms with Crippen LogP contribution in [0.1, 0.15) is 18.1 Å². The Morgan fingerprint density at radius 2 is 1.61 bits per heavy atom. The van der Waals surface area contributed by atoms with Gasteiger partial charge in [0.25, 0.3) is 0 Å². The first-order chi connectivity index (χ1) is 8.88. The molecule has 2 aromatic rings. The summed E-state index contributed by atoms with van der Waals surface area (Å²) in [7, 11) is 0. The molecule has 0 spiro atoms. The number of nitrogens with one attached hydrogen (secondary N) is 1. The number of benzene rings is 2. The normalized spacial score (nSPS) is 10.3. The van der Waals surface area contributed by atoms with E-state index in [9.17, 15) is 0 Å². The average Bonchev–Trinajstić information content (AvgIpc) is 2.45. The molecule has 0 aliphatic carbocycles. The summed E-state index contributed by atoms with van der Waals surface area (Å²) >= 11 is 0. The molecule has 0 atom stereocenters. The highest BCUT2D eigenvalue weighted by Crippen LogP contribution is 2.14. The largest absolute Gasteiger partial charge is 0.489 e. The molecule has 0 bridgehead atoms. The lowest BCUT2D eigenvalue weighted by molar-refractivity contribution is 0.306. The maximum absolute atomic E-state index is 5.73. The van der Waals surface area contributed by atoms with E-state index in [1.165, 1.54) is 11.1 Å². The minimum atomic E-state index is 0.618. The Hall–Kier alpha value is -1.80. The first-order valence-electron chi connectivity index (χ1n) is 6.35. The fourth-order valence-corrected chi connectivity index (χ4v) is 1.71. The Labute approximate surface area is 109 Å². The molecular weight excluding hydrogens is 222 g/mol. The number of hydrogen-bond donors (Lipinski definition) is 1. The highest BCUT2D eigenvalue weighted by molar-refractivity contribution is 5.27. The van der Waals surface area contributed by atoms with Crippen molar-refractivity contribution in [2.75, 3.05) is 6.54 Å². The number of ether oxygens (including phenoxy) is 1. The number of hydrogen-bond acceptors (Lipinski definition) is 2. The van der Waals surface area contributed by atoms with E-state index in [0.717, 1.165) is 18.8 Å². The van der Waals surface area contributed by atoms with Gasteiger partial charge in [0.05, 0.1) is 0 Å². The molecule has 0 aliphatic rings. The molecule has 0 unspecified atom stereocenters. The SMILES string of the molecule is CCNCc1ccc(OCc2ccccc2)cc1. The predicted octanol–water partition coefficient (Wildman–Crippen LogP) is 3.38. The average molecular weight is 241 g/mol. The summed E-state index contributed by atoms with van der Waals surface area (Å²) in [5.74, 6) is 0.916. The maximum Gasteiger partial charge on any atom is 0.119 e. The van der Waals surface area contributed by atoms with Gasteiger partial charge < -0.3 is 10.1 Å². The Morgan fingerprint density at radius 3 is 2.28 bits per heavy atom. The molecule has 0 fully saturated rings. The van der Waals surface area contributed by atoms with Crippen molar-refractivity contribution in [3.05, 3.63) is 65.7 Å². The van der Waals surface area contributed by atoms with Gasteiger partial charge in [0, 0.05) is 6.54 Å². The third-order valence-electron chi connectivity index (χ3n) is 2.75. The third kappa shape index (κ3) is 3.90. The minimum absolute atomic E-state index is 0.618. The van der Waals surface area contributed by atoms with Crippen molar-refractivity contribution in [1.82, 2.24) is 5.32 Å². The summed E-state index contributed by atoms with van der Waals surface area (Å²) in [5.41, 5.74) is 2.47. The van der Waals surface area contributed by atoms with Crippen LogP contribution in [0.15, 0.2) is 54.6 Å². The quantitative estimate of drug-likeness (QED) is 0.837. The molecule has 0 aliphatic heterocycles. The molecule has 0 aromatic heterocycles. The predicted molar refractivity (Wildman–Crippen MR) is 74.6 cm³/mol. The van der Waals surface area contributed by atoms with Gasteiger partial charge in [0.15, 0.2) is 0 Å². The lowest BCUT2D eigenvalue weighted by Crippen LogP contribution is -2.11. The fourth-order valence-electron chi connectivity index (χ4n) is 1.71. The Morgan fingerprint density at radius 1 is 0.889 bits per heavy atom. The van der Waals surface area contributed by atoms with Crippen LogP contribution in [0.2, 0.25) is 0 Å². The van der Waals surface area contributed by atoms with Crippen LogP contribution in [-0.2, 0) is 13.2 Å². The molecule has 0 heterocycles. The van der Waals surface area contributed by atoms with Gasteiger partial charge in [0.1, 0.15) is 12.4 Å². The molecule has 0 radical (unpaired) electrons. The van der Waals surface area contributed by atoms with Gasteiger partial charge in [-0.1, -0.05) is 49.4 Å². The molecule has 0 saturated heterocycles. The molecule has 2 heteroatoms. The molecule has 18 heavy (non-hydrogen) atoms. The zero-order valence-corrected chi connectivity index (χ0v) is 10.7. The van der Waals surface area contributed by atoms with Gasteiger partial charge in [-0.15, -0.1) is 0 Å². The van der Waals surface area contributed by atoms with E-state index in [1.807, 2.05) is 30.3 Å². The second-order valence-electron chi connectivity index (χ2n) is 4.20. The van der Waals surface area contributed by atoms with Gasteiger partial charge in [-0.3, -0.25) is 0 Å². The summed E-state index contributed by atoms with van der Waals surface area (Å²) in [6, 6.07) is 18.5. The second kappa shape index (κ2) is 6.82. The summed E-state index contributed by atoms with van der Waals surface area (Å²) in [4.78, 5) is 0. The van der Waals surface area contributed by atoms with E-state index < -0.39 is 0 Å². The van der Waals surface area contributed by atoms with Crippen LogP contribution >= 0.6 is 0 Å². The van der Waals surface area contributed by atoms with E-state index in [1.54, 1.807) is 0 Å². The van der Waals surface area contributed by atoms with E-state index in [4.69, 9.17) is 4.74 Å². The number of rotatable bonds is 6. The van der Waals surface area contributed by atoms with Crippen LogP contribution < -0.4 is 10.1 Å². The van der Waals surface area contributed by atoms with Crippen molar-refractivity contribution in [1.29, 1.82) is 0 Å². The summed E-state index contributed by atoms with van der Waals surface area (Å²) in [5, 5.41) is 3.30. The van der Waals surface area contributed by atoms with Crippen molar-refractivity contribution in [2.45, 2.75) is 20.1 Å². The lowest BCUT2D eigenvalue weighted by atomic mass is 10.2. The Kier molecular flexibility index (Phi) is 4.79. The van der Waals surface area contributed by atoms with Crippen molar-refractivity contribution < 1.29 is 4.74 Å². The monoisotopic (exact) mass is 241 g/mol. The van der Waals surface area contributed by atoms with Crippen molar-refractivity contribution in [2.24, 2.45) is 0 Å². The zero-order valence-electron chi connectivity index (χ0n) is 10.7. The highest BCUT2D eigenvalue weighted by Gasteiger charge is 1.96. The van der Waals surface area contributed by atoms with E-state index in [0.29, 0.717) is 6.61 Å². The molecule has 2 rings (SSSR count). The topological polar surface area (TPSA) is 21.3 Å². The smallest absolute Gasteiger partial charge is 0.119 e. The molecule has 0 amide bonds. The highest BCUT2D eigenvalue weighted by atomic mass is 16.5. The van der Waals surface area contributed by atoms with Gasteiger partial charge in [-0.05, 0) is 29.8 Å². The Bertz CT molecular complexity index is 450. The second-order valence-corrected chi connectivity index (χ2v) is 4.20. The van der Waals surface area contributed by atoms with E-state index >= 15 is 0 Å². The van der Waals surface area contributed by atoms with Crippen LogP contribution in [-0.4, -0.2) is 6.54 Å². The van der Waals surface area contributed by atoms with Crippen molar-refractivity contribution in [3.8, 4) is 5.75 Å². The lowest BCUT2D eigenvalue weighted by Gasteiger charge is -2.07. The van der Waals surface area contributed by atoms with Crippen LogP contribution in [0.4, 0.5) is 0 Å². The summed E-state index contributed by atoms with van der Waals surface area (Å²) < 4.78 is 5.73. The van der Waals surface area contributed by atoms with Gasteiger partial charge >= 0.3 is 0 Å². The minimum Gasteiger partial charge on any atom is -0.489 e. The van der Waals surface area contributed by atoms with Gasteiger partial charge in [0.2, 0.25) is 0 Å². The summed E-state index contributed by atoms with van der Waals surface area (Å²) in [6.45, 7) is 4.63. The van der Waals surface area contributed by atoms with Crippen molar-refractivity contribution >= 4 is 0 Å². The van der Waals surface area contributed by atoms with Crippen LogP contribution in [0.5, 0.6) is 5.75 Å². The van der Waals surface area contributed by atoms with Crippen LogP contribution in [0.25, 0.3) is 0 Å². The summed E-state index contributed by atoms with van der Waals surface area (Å²) in [6.07, 6.45) is 0. The first-order valence-corrected chi connectivity index (χ1v) is 6.35. The maximum atomic E-state index is 5.73. The molecule has 2 nitrogen and oxygen atoms in total. The van der Waals surface area contributed by atoms with E-state index in [-0.39, 0.29) is 0 Å². The van der Waals surface area contributed by atoms with Gasteiger partial charge in [-0.25, -0.2) is 0 Å². The molecule has 2 aromatic carbocycles. The van der Waals surface area contributed by atoms with Crippen LogP contribution in [0, 0.1) is 0 Å². The Balaban J connectivity index is 1.86. The standard InChI is InChI=1S/C16H19NO/c1-2-17-12-14-8-10-16(11-9-14)18-13-15-6-4-3-5-7-15/h3-11,17H,2,12-13H2,1H3. The first kappa shape index (κ1) is 12.7. The molecular formula is C16H19NO. The molecule has 94 valence electrons. The van der Waals surface area contributed by atoms with Gasteiger partial charge in [-0.2, -0.15) is 0 Å². The molecule has 1 N–H and O–H groups in total. The molecule has 0 saturated carbocycles. The van der Waals surface area contributed by atoms with Crippen LogP contribution in [0.3, 0.4) is 0 Å². The van der Waals surface area contributed by atoms with Crippen molar-refractivity contribution in [3.63, 3.8) is 0 Å². The zero-order chi connectivity index (χ0) is 12.6. The van der Waals surface area contributed by atoms with E-state index in [2.05, 4.69) is 36.5 Å². The fraction of sp³-hybridized carbons (Fsp3) is 0.250.